The Labute approximate surface area is 125 Å². The average molecular weight is 315 g/mol. The highest BCUT2D eigenvalue weighted by Gasteiger charge is 2.24. The lowest BCUT2D eigenvalue weighted by atomic mass is 10.1. The summed E-state index contributed by atoms with van der Waals surface area (Å²) in [6.45, 7) is 4.23. The van der Waals surface area contributed by atoms with Gasteiger partial charge in [-0.3, -0.25) is 4.90 Å². The largest absolute Gasteiger partial charge is 0.295 e. The zero-order valence-electron chi connectivity index (χ0n) is 12.2. The van der Waals surface area contributed by atoms with Crippen molar-refractivity contribution < 1.29 is 12.8 Å². The molecule has 21 heavy (non-hydrogen) atoms. The fraction of sp³-hybridized carbons (Fsp3) is 0.571. The predicted molar refractivity (Wildman–Crippen MR) is 80.5 cm³/mol. The number of hydrogen-bond acceptors (Lipinski definition) is 3. The van der Waals surface area contributed by atoms with Crippen LogP contribution in [-0.2, 0) is 10.2 Å². The van der Waals surface area contributed by atoms with E-state index in [1.165, 1.54) is 12.1 Å². The molecule has 5 nitrogen and oxygen atoms in total. The molecule has 1 saturated heterocycles. The molecular formula is C14H22FN3O2S. The molecule has 1 fully saturated rings. The van der Waals surface area contributed by atoms with Crippen LogP contribution in [0, 0.1) is 5.82 Å². The Morgan fingerprint density at radius 3 is 2.38 bits per heavy atom. The number of hydrogen-bond donors (Lipinski definition) is 2. The summed E-state index contributed by atoms with van der Waals surface area (Å²) in [6.07, 6.45) is 2.22. The molecule has 0 aliphatic carbocycles. The van der Waals surface area contributed by atoms with E-state index in [1.54, 1.807) is 19.1 Å². The Morgan fingerprint density at radius 1 is 1.19 bits per heavy atom. The molecule has 0 radical (unpaired) electrons. The standard InChI is InChI=1S/C14H22FN3O2S/c1-2-16-21(19,20)17-11-14(18-9-3-4-10-18)12-5-7-13(15)8-6-12/h5-8,14,16-17H,2-4,9-11H2,1H3. The zero-order chi connectivity index (χ0) is 15.3. The number of rotatable bonds is 7. The lowest BCUT2D eigenvalue weighted by molar-refractivity contribution is 0.246. The fourth-order valence-electron chi connectivity index (χ4n) is 2.63. The van der Waals surface area contributed by atoms with Crippen molar-refractivity contribution in [3.63, 3.8) is 0 Å². The summed E-state index contributed by atoms with van der Waals surface area (Å²) in [5, 5.41) is 0. The molecule has 1 aromatic carbocycles. The SMILES string of the molecule is CCNS(=O)(=O)NCC(c1ccc(F)cc1)N1CCCC1. The van der Waals surface area contributed by atoms with Crippen molar-refractivity contribution in [2.75, 3.05) is 26.2 Å². The van der Waals surface area contributed by atoms with Gasteiger partial charge < -0.3 is 0 Å². The normalized spacial score (nSPS) is 18.0. The smallest absolute Gasteiger partial charge is 0.276 e. The van der Waals surface area contributed by atoms with Gasteiger partial charge in [-0.25, -0.2) is 13.8 Å². The molecule has 1 atom stereocenters. The van der Waals surface area contributed by atoms with Crippen LogP contribution in [0.5, 0.6) is 0 Å². The van der Waals surface area contributed by atoms with Crippen LogP contribution < -0.4 is 9.44 Å². The van der Waals surface area contributed by atoms with Crippen molar-refractivity contribution in [2.24, 2.45) is 0 Å². The number of halogens is 1. The van der Waals surface area contributed by atoms with Crippen molar-refractivity contribution in [3.05, 3.63) is 35.6 Å². The van der Waals surface area contributed by atoms with E-state index in [-0.39, 0.29) is 18.4 Å². The van der Waals surface area contributed by atoms with Crippen molar-refractivity contribution >= 4 is 10.2 Å². The minimum atomic E-state index is -3.47. The Hall–Kier alpha value is -1.02. The minimum absolute atomic E-state index is 0.0680. The van der Waals surface area contributed by atoms with Crippen LogP contribution in [0.3, 0.4) is 0 Å². The quantitative estimate of drug-likeness (QED) is 0.800. The van der Waals surface area contributed by atoms with Crippen molar-refractivity contribution in [1.82, 2.24) is 14.3 Å². The van der Waals surface area contributed by atoms with Crippen LogP contribution in [0.15, 0.2) is 24.3 Å². The fourth-order valence-corrected chi connectivity index (χ4v) is 3.49. The van der Waals surface area contributed by atoms with Crippen LogP contribution in [0.2, 0.25) is 0 Å². The van der Waals surface area contributed by atoms with Gasteiger partial charge in [0.15, 0.2) is 0 Å². The van der Waals surface area contributed by atoms with E-state index in [9.17, 15) is 12.8 Å². The maximum absolute atomic E-state index is 13.1. The third kappa shape index (κ3) is 4.74. The lowest BCUT2D eigenvalue weighted by Gasteiger charge is -2.28. The average Bonchev–Trinajstić information content (AvgIpc) is 2.95. The summed E-state index contributed by atoms with van der Waals surface area (Å²) >= 11 is 0. The molecule has 1 unspecified atom stereocenters. The zero-order valence-corrected chi connectivity index (χ0v) is 13.0. The second kappa shape index (κ2) is 7.31. The van der Waals surface area contributed by atoms with Crippen LogP contribution in [0.1, 0.15) is 31.4 Å². The van der Waals surface area contributed by atoms with Gasteiger partial charge in [0.2, 0.25) is 0 Å². The van der Waals surface area contributed by atoms with E-state index >= 15 is 0 Å². The molecule has 118 valence electrons. The van der Waals surface area contributed by atoms with Gasteiger partial charge in [0.25, 0.3) is 10.2 Å². The maximum atomic E-state index is 13.1. The molecule has 2 rings (SSSR count). The molecule has 0 bridgehead atoms. The molecular weight excluding hydrogens is 293 g/mol. The van der Waals surface area contributed by atoms with Gasteiger partial charge in [-0.2, -0.15) is 8.42 Å². The van der Waals surface area contributed by atoms with Crippen LogP contribution in [0.25, 0.3) is 0 Å². The first-order valence-corrected chi connectivity index (χ1v) is 8.74. The molecule has 1 aromatic rings. The molecule has 1 aliphatic rings. The maximum Gasteiger partial charge on any atom is 0.276 e. The number of benzene rings is 1. The third-order valence-electron chi connectivity index (χ3n) is 3.64. The van der Waals surface area contributed by atoms with Gasteiger partial charge in [-0.15, -0.1) is 0 Å². The molecule has 2 N–H and O–H groups in total. The van der Waals surface area contributed by atoms with E-state index < -0.39 is 10.2 Å². The highest BCUT2D eigenvalue weighted by atomic mass is 32.2. The van der Waals surface area contributed by atoms with Gasteiger partial charge >= 0.3 is 0 Å². The van der Waals surface area contributed by atoms with E-state index in [2.05, 4.69) is 14.3 Å². The van der Waals surface area contributed by atoms with Gasteiger partial charge in [0, 0.05) is 19.1 Å². The van der Waals surface area contributed by atoms with Crippen molar-refractivity contribution in [3.8, 4) is 0 Å². The van der Waals surface area contributed by atoms with Crippen LogP contribution in [0.4, 0.5) is 4.39 Å². The Bertz CT molecular complexity index is 542. The summed E-state index contributed by atoms with van der Waals surface area (Å²) < 4.78 is 41.5. The molecule has 1 aliphatic heterocycles. The second-order valence-electron chi connectivity index (χ2n) is 5.16. The summed E-state index contributed by atoms with van der Waals surface area (Å²) in [5.74, 6) is -0.285. The summed E-state index contributed by atoms with van der Waals surface area (Å²) in [6, 6.07) is 6.20. The first kappa shape index (κ1) is 16.4. The molecule has 0 saturated carbocycles. The van der Waals surface area contributed by atoms with E-state index in [0.717, 1.165) is 31.5 Å². The summed E-state index contributed by atoms with van der Waals surface area (Å²) in [4.78, 5) is 2.24. The van der Waals surface area contributed by atoms with E-state index in [0.29, 0.717) is 6.54 Å². The van der Waals surface area contributed by atoms with Gasteiger partial charge in [-0.05, 0) is 43.6 Å². The van der Waals surface area contributed by atoms with Crippen molar-refractivity contribution in [2.45, 2.75) is 25.8 Å². The molecule has 0 spiro atoms. The number of nitrogens with zero attached hydrogens (tertiary/aromatic N) is 1. The van der Waals surface area contributed by atoms with E-state index in [1.807, 2.05) is 0 Å². The Morgan fingerprint density at radius 2 is 1.81 bits per heavy atom. The first-order chi connectivity index (χ1) is 10.0. The summed E-state index contributed by atoms with van der Waals surface area (Å²) in [7, 11) is -3.47. The van der Waals surface area contributed by atoms with Gasteiger partial charge in [0.1, 0.15) is 5.82 Å². The molecule has 7 heteroatoms. The lowest BCUT2D eigenvalue weighted by Crippen LogP contribution is -2.42. The molecule has 0 aromatic heterocycles. The monoisotopic (exact) mass is 315 g/mol. The Kier molecular flexibility index (Phi) is 5.69. The topological polar surface area (TPSA) is 61.4 Å². The predicted octanol–water partition coefficient (Wildman–Crippen LogP) is 1.41. The van der Waals surface area contributed by atoms with Gasteiger partial charge in [-0.1, -0.05) is 19.1 Å². The van der Waals surface area contributed by atoms with Crippen LogP contribution >= 0.6 is 0 Å². The Balaban J connectivity index is 2.11. The first-order valence-electron chi connectivity index (χ1n) is 7.25. The second-order valence-corrected chi connectivity index (χ2v) is 6.74. The third-order valence-corrected chi connectivity index (χ3v) is 4.85. The van der Waals surface area contributed by atoms with E-state index in [4.69, 9.17) is 0 Å². The van der Waals surface area contributed by atoms with Crippen molar-refractivity contribution in [1.29, 1.82) is 0 Å². The van der Waals surface area contributed by atoms with Gasteiger partial charge in [0.05, 0.1) is 0 Å². The minimum Gasteiger partial charge on any atom is -0.295 e. The molecule has 0 amide bonds. The highest BCUT2D eigenvalue weighted by molar-refractivity contribution is 7.87. The number of likely N-dealkylation sites (tertiary alicyclic amines) is 1. The molecule has 1 heterocycles. The highest BCUT2D eigenvalue weighted by Crippen LogP contribution is 2.24. The summed E-state index contributed by atoms with van der Waals surface area (Å²) in [5.41, 5.74) is 0.928. The number of nitrogens with one attached hydrogen (secondary N) is 2. The van der Waals surface area contributed by atoms with Crippen LogP contribution in [-0.4, -0.2) is 39.5 Å².